The number of anilines is 2. The number of rotatable bonds is 6. The molecule has 32 heavy (non-hydrogen) atoms. The van der Waals surface area contributed by atoms with Gasteiger partial charge in [0.2, 0.25) is 0 Å². The molecule has 3 aromatic rings. The number of nitrogens with one attached hydrogen (secondary N) is 1. The number of carbonyl (C=O) groups is 1. The maximum atomic E-state index is 13.1. The van der Waals surface area contributed by atoms with Crippen LogP contribution >= 0.6 is 51.0 Å². The molecular weight excluding hydrogens is 569 g/mol. The summed E-state index contributed by atoms with van der Waals surface area (Å²) < 4.78 is 26.9. The molecule has 0 atom stereocenters. The van der Waals surface area contributed by atoms with Crippen molar-refractivity contribution in [3.63, 3.8) is 0 Å². The zero-order valence-electron chi connectivity index (χ0n) is 15.6. The minimum absolute atomic E-state index is 0.00278. The molecule has 3 rings (SSSR count). The lowest BCUT2D eigenvalue weighted by molar-refractivity contribution is -0.384. The van der Waals surface area contributed by atoms with Crippen LogP contribution in [0.5, 0.6) is 0 Å². The van der Waals surface area contributed by atoms with Crippen LogP contribution in [0.2, 0.25) is 15.1 Å². The maximum absolute atomic E-state index is 13.1. The Morgan fingerprint density at radius 2 is 1.69 bits per heavy atom. The van der Waals surface area contributed by atoms with E-state index in [0.29, 0.717) is 8.35 Å². The van der Waals surface area contributed by atoms with Crippen LogP contribution in [-0.4, -0.2) is 19.2 Å². The number of nitro groups is 1. The van der Waals surface area contributed by atoms with Crippen molar-refractivity contribution in [1.29, 1.82) is 0 Å². The van der Waals surface area contributed by atoms with Crippen molar-refractivity contribution in [3.05, 3.63) is 91.4 Å². The van der Waals surface area contributed by atoms with Crippen LogP contribution in [0.15, 0.2) is 65.6 Å². The highest BCUT2D eigenvalue weighted by atomic mass is 79.9. The molecule has 1 amide bonds. The van der Waals surface area contributed by atoms with Crippen LogP contribution < -0.4 is 8.65 Å². The van der Waals surface area contributed by atoms with Crippen molar-refractivity contribution in [2.75, 3.05) is 8.65 Å². The average molecular weight is 580 g/mol. The van der Waals surface area contributed by atoms with Crippen molar-refractivity contribution >= 4 is 83.9 Å². The second kappa shape index (κ2) is 9.63. The molecule has 0 saturated carbocycles. The quantitative estimate of drug-likeness (QED) is 0.209. The first-order chi connectivity index (χ1) is 15.0. The molecule has 1 N–H and O–H groups in total. The van der Waals surface area contributed by atoms with Gasteiger partial charge in [-0.1, -0.05) is 46.9 Å². The Kier molecular flexibility index (Phi) is 7.31. The number of carbonyl (C=O) groups excluding carboxylic acids is 1. The first kappa shape index (κ1) is 24.3. The maximum Gasteiger partial charge on any atom is 0.275 e. The van der Waals surface area contributed by atoms with Crippen molar-refractivity contribution < 1.29 is 18.1 Å². The van der Waals surface area contributed by atoms with Crippen LogP contribution in [0.3, 0.4) is 0 Å². The van der Waals surface area contributed by atoms with Crippen molar-refractivity contribution in [2.24, 2.45) is 0 Å². The monoisotopic (exact) mass is 577 g/mol. The van der Waals surface area contributed by atoms with Crippen molar-refractivity contribution in [1.82, 2.24) is 0 Å². The number of para-hydroxylation sites is 1. The summed E-state index contributed by atoms with van der Waals surface area (Å²) in [5.74, 6) is -0.640. The smallest absolute Gasteiger partial charge is 0.275 e. The van der Waals surface area contributed by atoms with Gasteiger partial charge in [-0.3, -0.25) is 14.9 Å². The largest absolute Gasteiger partial charge is 0.321 e. The highest BCUT2D eigenvalue weighted by molar-refractivity contribution is 9.11. The number of halogens is 4. The molecule has 0 aliphatic carbocycles. The lowest BCUT2D eigenvalue weighted by Gasteiger charge is -2.20. The molecule has 3 aromatic carbocycles. The van der Waals surface area contributed by atoms with Crippen molar-refractivity contribution in [2.45, 2.75) is 4.90 Å². The number of hydrogen-bond donors (Lipinski definition) is 1. The molecule has 0 heterocycles. The Labute approximate surface area is 206 Å². The third-order valence-corrected chi connectivity index (χ3v) is 8.16. The molecule has 8 nitrogen and oxygen atoms in total. The van der Waals surface area contributed by atoms with Gasteiger partial charge in [-0.15, -0.1) is 0 Å². The summed E-state index contributed by atoms with van der Waals surface area (Å²) in [4.78, 5) is 22.7. The van der Waals surface area contributed by atoms with E-state index in [1.807, 2.05) is 0 Å². The van der Waals surface area contributed by atoms with E-state index in [1.54, 1.807) is 6.07 Å². The third-order valence-electron chi connectivity index (χ3n) is 4.13. The SMILES string of the molecule is O=C(Nc1ccc(Cl)cc1Cl)c1ccccc1N(Br)S(=O)(=O)c1ccc([N+](=O)[O-])cc1Cl. The number of nitro benzene ring substituents is 1. The van der Waals surface area contributed by atoms with Gasteiger partial charge < -0.3 is 5.32 Å². The highest BCUT2D eigenvalue weighted by Crippen LogP contribution is 2.35. The molecule has 0 aliphatic heterocycles. The second-order valence-electron chi connectivity index (χ2n) is 6.19. The van der Waals surface area contributed by atoms with Crippen LogP contribution in [0.25, 0.3) is 0 Å². The van der Waals surface area contributed by atoms with Crippen LogP contribution in [0, 0.1) is 10.1 Å². The van der Waals surface area contributed by atoms with Crippen LogP contribution in [-0.2, 0) is 10.0 Å². The summed E-state index contributed by atoms with van der Waals surface area (Å²) in [6.45, 7) is 0. The topological polar surface area (TPSA) is 110 Å². The Balaban J connectivity index is 1.98. The summed E-state index contributed by atoms with van der Waals surface area (Å²) in [5, 5.41) is 13.7. The molecule has 0 radical (unpaired) electrons. The van der Waals surface area contributed by atoms with Gasteiger partial charge in [0.1, 0.15) is 4.90 Å². The van der Waals surface area contributed by atoms with Gasteiger partial charge in [-0.25, -0.2) is 8.42 Å². The predicted octanol–water partition coefficient (Wildman–Crippen LogP) is 6.31. The fourth-order valence-corrected chi connectivity index (χ4v) is 5.46. The van der Waals surface area contributed by atoms with Crippen LogP contribution in [0.1, 0.15) is 10.4 Å². The van der Waals surface area contributed by atoms with E-state index in [2.05, 4.69) is 21.5 Å². The number of hydrogen-bond acceptors (Lipinski definition) is 5. The van der Waals surface area contributed by atoms with Gasteiger partial charge in [0.05, 0.1) is 48.1 Å². The second-order valence-corrected chi connectivity index (χ2v) is 10.4. The number of amides is 1. The molecule has 13 heteroatoms. The van der Waals surface area contributed by atoms with Gasteiger partial charge in [0, 0.05) is 17.2 Å². The molecule has 0 spiro atoms. The Morgan fingerprint density at radius 3 is 2.31 bits per heavy atom. The molecule has 0 bridgehead atoms. The molecule has 166 valence electrons. The van der Waals surface area contributed by atoms with Gasteiger partial charge in [-0.2, -0.15) is 3.33 Å². The standard InChI is InChI=1S/C19H11BrCl3N3O5S/c20-25(32(30,31)18-8-6-12(26(28)29)10-15(18)23)17-4-2-1-3-13(17)19(27)24-16-7-5-11(21)9-14(16)22/h1-10H,(H,24,27). The van der Waals surface area contributed by atoms with E-state index in [-0.39, 0.29) is 32.7 Å². The molecule has 0 fully saturated rings. The van der Waals surface area contributed by atoms with Gasteiger partial charge >= 0.3 is 0 Å². The zero-order chi connectivity index (χ0) is 23.6. The lowest BCUT2D eigenvalue weighted by atomic mass is 10.1. The zero-order valence-corrected chi connectivity index (χ0v) is 20.3. The van der Waals surface area contributed by atoms with Crippen molar-refractivity contribution in [3.8, 4) is 0 Å². The molecule has 0 unspecified atom stereocenters. The first-order valence-corrected chi connectivity index (χ1v) is 11.8. The Hall–Kier alpha value is -2.37. The number of non-ortho nitro benzene ring substituents is 1. The summed E-state index contributed by atoms with van der Waals surface area (Å²) in [6, 6.07) is 13.3. The fourth-order valence-electron chi connectivity index (χ4n) is 2.63. The van der Waals surface area contributed by atoms with E-state index in [1.165, 1.54) is 36.4 Å². The first-order valence-electron chi connectivity index (χ1n) is 8.53. The fraction of sp³-hybridized carbons (Fsp3) is 0. The van der Waals surface area contributed by atoms with E-state index < -0.39 is 25.7 Å². The minimum Gasteiger partial charge on any atom is -0.321 e. The Bertz CT molecular complexity index is 1340. The van der Waals surface area contributed by atoms with Crippen LogP contribution in [0.4, 0.5) is 17.1 Å². The lowest BCUT2D eigenvalue weighted by Crippen LogP contribution is -2.24. The summed E-state index contributed by atoms with van der Waals surface area (Å²) in [5.41, 5.74) is -0.116. The number of benzene rings is 3. The van der Waals surface area contributed by atoms with E-state index >= 15 is 0 Å². The average Bonchev–Trinajstić information content (AvgIpc) is 2.74. The minimum atomic E-state index is -4.34. The van der Waals surface area contributed by atoms with E-state index in [0.717, 1.165) is 18.2 Å². The Morgan fingerprint density at radius 1 is 1.00 bits per heavy atom. The molecular formula is C19H11BrCl3N3O5S. The van der Waals surface area contributed by atoms with Gasteiger partial charge in [0.15, 0.2) is 0 Å². The predicted molar refractivity (Wildman–Crippen MR) is 128 cm³/mol. The highest BCUT2D eigenvalue weighted by Gasteiger charge is 2.29. The molecule has 0 saturated heterocycles. The van der Waals surface area contributed by atoms with E-state index in [9.17, 15) is 23.3 Å². The third kappa shape index (κ3) is 5.00. The van der Waals surface area contributed by atoms with Gasteiger partial charge in [0.25, 0.3) is 21.6 Å². The van der Waals surface area contributed by atoms with E-state index in [4.69, 9.17) is 34.8 Å². The summed E-state index contributed by atoms with van der Waals surface area (Å²) in [7, 11) is -4.34. The molecule has 0 aliphatic rings. The summed E-state index contributed by atoms with van der Waals surface area (Å²) >= 11 is 20.9. The molecule has 0 aromatic heterocycles. The number of sulfonamides is 1. The van der Waals surface area contributed by atoms with Gasteiger partial charge in [-0.05, 0) is 36.4 Å². The normalized spacial score (nSPS) is 11.1. The number of nitrogens with zero attached hydrogens (tertiary/aromatic N) is 2. The summed E-state index contributed by atoms with van der Waals surface area (Å²) in [6.07, 6.45) is 0.